The van der Waals surface area contributed by atoms with E-state index in [2.05, 4.69) is 49.7 Å². The number of aromatic nitrogens is 1. The van der Waals surface area contributed by atoms with Gasteiger partial charge in [0.05, 0.1) is 41.8 Å². The maximum atomic E-state index is 14.8. The second-order valence-corrected chi connectivity index (χ2v) is 23.5. The molecule has 0 bridgehead atoms. The number of hydrogen-bond acceptors (Lipinski definition) is 12. The van der Waals surface area contributed by atoms with Gasteiger partial charge in [-0.15, -0.1) is 11.3 Å². The number of ether oxygens (including phenoxy) is 3. The molecule has 3 aromatic rings. The van der Waals surface area contributed by atoms with Crippen molar-refractivity contribution in [3.63, 3.8) is 0 Å². The first-order valence-corrected chi connectivity index (χ1v) is 29.4. The van der Waals surface area contributed by atoms with Gasteiger partial charge in [0.2, 0.25) is 11.8 Å². The lowest BCUT2D eigenvalue weighted by Crippen LogP contribution is -2.54. The first kappa shape index (κ1) is 62.4. The first-order chi connectivity index (χ1) is 36.4. The minimum atomic E-state index is -0.999. The molecule has 0 N–H and O–H groups in total. The number of ketones is 4. The van der Waals surface area contributed by atoms with Gasteiger partial charge < -0.3 is 24.0 Å². The first-order valence-electron chi connectivity index (χ1n) is 28.5. The number of fused-ring (bicyclic) bond motifs is 1. The maximum Gasteiger partial charge on any atom is 0.226 e. The van der Waals surface area contributed by atoms with Crippen molar-refractivity contribution in [2.75, 3.05) is 48.0 Å². The van der Waals surface area contributed by atoms with E-state index in [9.17, 15) is 28.8 Å². The molecule has 1 fully saturated rings. The second kappa shape index (κ2) is 31.2. The van der Waals surface area contributed by atoms with Gasteiger partial charge in [-0.25, -0.2) is 4.98 Å². The number of carbonyl (C=O) groups is 6. The minimum Gasteiger partial charge on any atom is -0.379 e. The van der Waals surface area contributed by atoms with E-state index in [0.29, 0.717) is 37.1 Å². The van der Waals surface area contributed by atoms with E-state index in [1.807, 2.05) is 63.3 Å². The molecule has 9 atom stereocenters. The van der Waals surface area contributed by atoms with Gasteiger partial charge in [-0.2, -0.15) is 0 Å². The lowest BCUT2D eigenvalue weighted by atomic mass is 9.83. The molecular weight excluding hydrogens is 977 g/mol. The van der Waals surface area contributed by atoms with Crippen LogP contribution < -0.4 is 0 Å². The van der Waals surface area contributed by atoms with Crippen molar-refractivity contribution in [3.05, 3.63) is 87.9 Å². The number of benzene rings is 2. The fourth-order valence-corrected chi connectivity index (χ4v) is 12.8. The summed E-state index contributed by atoms with van der Waals surface area (Å²) < 4.78 is 18.0. The van der Waals surface area contributed by atoms with Crippen molar-refractivity contribution in [3.8, 4) is 0 Å². The predicted octanol–water partition coefficient (Wildman–Crippen LogP) is 11.1. The van der Waals surface area contributed by atoms with Crippen molar-refractivity contribution in [2.45, 2.75) is 187 Å². The molecule has 1 aliphatic carbocycles. The van der Waals surface area contributed by atoms with Crippen LogP contribution in [-0.4, -0.2) is 139 Å². The summed E-state index contributed by atoms with van der Waals surface area (Å²) in [7, 11) is 7.08. The van der Waals surface area contributed by atoms with Gasteiger partial charge in [-0.05, 0) is 69.0 Å². The molecule has 2 amide bonds. The van der Waals surface area contributed by atoms with Crippen LogP contribution in [0.25, 0.3) is 0 Å². The number of likely N-dealkylation sites (tertiary alicyclic amines) is 1. The molecule has 13 nitrogen and oxygen atoms in total. The summed E-state index contributed by atoms with van der Waals surface area (Å²) in [5, 5.41) is 2.89. The van der Waals surface area contributed by atoms with Crippen LogP contribution >= 0.6 is 11.3 Å². The quantitative estimate of drug-likeness (QED) is 0.0409. The van der Waals surface area contributed by atoms with Gasteiger partial charge in [0.1, 0.15) is 5.78 Å². The Morgan fingerprint density at radius 1 is 0.763 bits per heavy atom. The number of hydrogen-bond donors (Lipinski definition) is 0. The summed E-state index contributed by atoms with van der Waals surface area (Å²) in [6, 6.07) is 16.1. The van der Waals surface area contributed by atoms with Crippen LogP contribution in [0.3, 0.4) is 0 Å². The monoisotopic (exact) mass is 1070 g/mol. The van der Waals surface area contributed by atoms with Crippen LogP contribution in [0.4, 0.5) is 0 Å². The Kier molecular flexibility index (Phi) is 25.6. The average molecular weight is 1070 g/mol. The molecule has 76 heavy (non-hydrogen) atoms. The van der Waals surface area contributed by atoms with Crippen LogP contribution in [0.5, 0.6) is 0 Å². The van der Waals surface area contributed by atoms with Crippen molar-refractivity contribution in [1.29, 1.82) is 0 Å². The molecule has 1 aromatic heterocycles. The van der Waals surface area contributed by atoms with Gasteiger partial charge in [-0.3, -0.25) is 33.7 Å². The Morgan fingerprint density at radius 3 is 1.95 bits per heavy atom. The molecule has 0 unspecified atom stereocenters. The third-order valence-corrected chi connectivity index (χ3v) is 17.5. The van der Waals surface area contributed by atoms with Gasteiger partial charge in [0.15, 0.2) is 23.5 Å². The molecule has 1 saturated heterocycles. The van der Waals surface area contributed by atoms with Crippen LogP contribution in [0, 0.1) is 29.6 Å². The zero-order valence-electron chi connectivity index (χ0n) is 47.9. The highest BCUT2D eigenvalue weighted by Crippen LogP contribution is 2.34. The topological polar surface area (TPSA) is 153 Å². The van der Waals surface area contributed by atoms with Crippen LogP contribution in [0.15, 0.2) is 66.2 Å². The summed E-state index contributed by atoms with van der Waals surface area (Å²) >= 11 is 1.57. The number of rotatable bonds is 35. The number of carbonyl (C=O) groups excluding carboxylic acids is 6. The van der Waals surface area contributed by atoms with E-state index in [4.69, 9.17) is 14.2 Å². The zero-order chi connectivity index (χ0) is 55.5. The highest BCUT2D eigenvalue weighted by Gasteiger charge is 2.44. The lowest BCUT2D eigenvalue weighted by Gasteiger charge is -2.41. The Balaban J connectivity index is 1.11. The maximum absolute atomic E-state index is 14.8. The van der Waals surface area contributed by atoms with Gasteiger partial charge in [0.25, 0.3) is 0 Å². The Hall–Kier alpha value is -4.47. The third kappa shape index (κ3) is 16.8. The van der Waals surface area contributed by atoms with Gasteiger partial charge in [0, 0.05) is 87.7 Å². The Morgan fingerprint density at radius 2 is 1.38 bits per heavy atom. The number of amides is 2. The van der Waals surface area contributed by atoms with Crippen molar-refractivity contribution in [1.82, 2.24) is 19.7 Å². The summed E-state index contributed by atoms with van der Waals surface area (Å²) in [6.07, 6.45) is 11.4. The van der Waals surface area contributed by atoms with Gasteiger partial charge >= 0.3 is 0 Å². The molecule has 14 heteroatoms. The summed E-state index contributed by atoms with van der Waals surface area (Å²) in [4.78, 5) is 93.5. The smallest absolute Gasteiger partial charge is 0.226 e. The largest absolute Gasteiger partial charge is 0.379 e. The molecule has 2 heterocycles. The molecule has 1 aliphatic heterocycles. The number of unbranched alkanes of at least 4 members (excludes halogenated alkanes) is 7. The van der Waals surface area contributed by atoms with Crippen LogP contribution in [-0.2, 0) is 39.8 Å². The number of methoxy groups -OCH3 is 2. The van der Waals surface area contributed by atoms with Crippen molar-refractivity contribution < 1.29 is 43.0 Å². The van der Waals surface area contributed by atoms with Gasteiger partial charge in [-0.1, -0.05) is 148 Å². The zero-order valence-corrected chi connectivity index (χ0v) is 48.7. The Labute approximate surface area is 459 Å². The number of thiazole rings is 1. The van der Waals surface area contributed by atoms with E-state index in [1.54, 1.807) is 60.9 Å². The molecule has 420 valence electrons. The molecule has 0 radical (unpaired) electrons. The average Bonchev–Trinajstić information content (AvgIpc) is 4.18. The van der Waals surface area contributed by atoms with Crippen LogP contribution in [0.2, 0.25) is 0 Å². The molecule has 2 aliphatic rings. The van der Waals surface area contributed by atoms with Crippen molar-refractivity contribution >= 4 is 46.3 Å². The number of Topliss-reactive ketones (excluding diaryl/α,β-unsaturated/α-hetero) is 4. The molecule has 5 rings (SSSR count). The van der Waals surface area contributed by atoms with E-state index < -0.39 is 36.2 Å². The molecule has 0 spiro atoms. The second-order valence-electron chi connectivity index (χ2n) is 22.6. The number of likely N-dealkylation sites (N-methyl/N-ethyl adjacent to an activating group) is 2. The normalized spacial score (nSPS) is 18.2. The van der Waals surface area contributed by atoms with E-state index in [1.165, 1.54) is 0 Å². The lowest BCUT2D eigenvalue weighted by molar-refractivity contribution is -0.149. The van der Waals surface area contributed by atoms with Crippen LogP contribution in [0.1, 0.15) is 176 Å². The predicted molar refractivity (Wildman–Crippen MR) is 302 cm³/mol. The fourth-order valence-electron chi connectivity index (χ4n) is 12.0. The number of nitrogens with zero attached hydrogens (tertiary/aromatic N) is 4. The summed E-state index contributed by atoms with van der Waals surface area (Å²) in [6.45, 7) is 16.0. The Bertz CT molecular complexity index is 2250. The summed E-state index contributed by atoms with van der Waals surface area (Å²) in [5.74, 6) is -1.62. The SMILES string of the molecule is CC[C@H](C)[C@@H]([C@@H](CC(=O)N1CCC[C@H]1[C@H](OC)[C@@H](C)C(=O)C[C@@H](Cc1ccccc1)c1nccs1)OC)N(C)C(=O)[C@@H](CC(=O)[C@H](C(C)C)N(C)CCCCCCCCCCOC1C(=O)c2ccccc2C1=O)C(C)C. The standard InChI is InChI=1S/C62H92N4O9S/c1-12-43(6)56(53(73-10)40-54(69)66-34-26-31-50(66)59(74-11)44(7)51(67)38-46(61-63-32-36-76-61)37-45-27-20-19-21-28-45)65(9)62(72)49(41(2)3)39-52(68)55(42(4)5)64(8)33-24-17-15-13-14-16-18-25-35-75-60-57(70)47-29-22-23-30-48(47)58(60)71/h19-23,27-30,32,36,41-44,46,49-50,53,55-56,59-60H,12-18,24-26,31,33-35,37-40H2,1-11H3/t43-,44-,46+,49-,50-,53+,55-,56-,59+/m0/s1. The third-order valence-electron chi connectivity index (χ3n) is 16.5. The summed E-state index contributed by atoms with van der Waals surface area (Å²) in [5.41, 5.74) is 2.07. The van der Waals surface area contributed by atoms with E-state index >= 15 is 0 Å². The highest BCUT2D eigenvalue weighted by atomic mass is 32.1. The van der Waals surface area contributed by atoms with Crippen molar-refractivity contribution in [2.24, 2.45) is 29.6 Å². The molecular formula is C62H92N4O9S. The van der Waals surface area contributed by atoms with E-state index in [0.717, 1.165) is 87.7 Å². The highest BCUT2D eigenvalue weighted by molar-refractivity contribution is 7.09. The molecule has 0 saturated carbocycles. The van der Waals surface area contributed by atoms with E-state index in [-0.39, 0.29) is 83.5 Å². The minimum absolute atomic E-state index is 0.00771. The fraction of sp³-hybridized carbons (Fsp3) is 0.661. The molecule has 2 aromatic carbocycles.